The van der Waals surface area contributed by atoms with Crippen LogP contribution in [-0.2, 0) is 22.5 Å². The van der Waals surface area contributed by atoms with Crippen LogP contribution in [0.5, 0.6) is 0 Å². The third-order valence-corrected chi connectivity index (χ3v) is 4.24. The van der Waals surface area contributed by atoms with Crippen LogP contribution >= 0.6 is 0 Å². The van der Waals surface area contributed by atoms with E-state index in [1.54, 1.807) is 46.4 Å². The lowest BCUT2D eigenvalue weighted by Gasteiger charge is -2.42. The number of imidazole rings is 1. The smallest absolute Gasteiger partial charge is 0.242 e. The minimum absolute atomic E-state index is 0.0809. The van der Waals surface area contributed by atoms with E-state index in [4.69, 9.17) is 4.74 Å². The van der Waals surface area contributed by atoms with Gasteiger partial charge < -0.3 is 19.3 Å². The molecule has 24 heavy (non-hydrogen) atoms. The van der Waals surface area contributed by atoms with Crippen molar-refractivity contribution < 1.29 is 19.0 Å². The molecule has 0 radical (unpaired) electrons. The first-order valence-corrected chi connectivity index (χ1v) is 7.84. The van der Waals surface area contributed by atoms with Gasteiger partial charge in [0.25, 0.3) is 0 Å². The second kappa shape index (κ2) is 7.11. The van der Waals surface area contributed by atoms with Gasteiger partial charge in [-0.25, -0.2) is 9.37 Å². The summed E-state index contributed by atoms with van der Waals surface area (Å²) in [5.74, 6) is -0.418. The number of aliphatic hydroxyl groups is 1. The van der Waals surface area contributed by atoms with Crippen LogP contribution in [0, 0.1) is 5.82 Å². The molecule has 1 aliphatic heterocycles. The van der Waals surface area contributed by atoms with Crippen molar-refractivity contribution in [3.8, 4) is 0 Å². The summed E-state index contributed by atoms with van der Waals surface area (Å²) in [6.45, 7) is 0.889. The molecule has 0 aliphatic carbocycles. The molecule has 0 bridgehead atoms. The first-order chi connectivity index (χ1) is 11.6. The van der Waals surface area contributed by atoms with E-state index in [0.717, 1.165) is 0 Å². The monoisotopic (exact) mass is 333 g/mol. The largest absolute Gasteiger partial charge is 0.393 e. The number of halogens is 1. The molecule has 6 nitrogen and oxygen atoms in total. The Bertz CT molecular complexity index is 692. The van der Waals surface area contributed by atoms with Gasteiger partial charge >= 0.3 is 0 Å². The highest BCUT2D eigenvalue weighted by Crippen LogP contribution is 2.24. The fourth-order valence-electron chi connectivity index (χ4n) is 2.94. The van der Waals surface area contributed by atoms with Gasteiger partial charge in [-0.15, -0.1) is 0 Å². The maximum absolute atomic E-state index is 13.9. The van der Waals surface area contributed by atoms with Gasteiger partial charge in [0.2, 0.25) is 5.91 Å². The SMILES string of the molecule is O=C(Cn1ccnc1)N1CCOC(CO)(Cc2ccccc2F)C1. The molecule has 1 unspecified atom stereocenters. The van der Waals surface area contributed by atoms with Crippen LogP contribution in [0.4, 0.5) is 4.39 Å². The number of aliphatic hydroxyl groups excluding tert-OH is 1. The molecule has 0 saturated carbocycles. The average molecular weight is 333 g/mol. The fraction of sp³-hybridized carbons (Fsp3) is 0.412. The number of rotatable bonds is 5. The number of benzene rings is 1. The molecule has 7 heteroatoms. The van der Waals surface area contributed by atoms with E-state index in [9.17, 15) is 14.3 Å². The number of hydrogen-bond acceptors (Lipinski definition) is 4. The molecule has 1 aromatic heterocycles. The number of hydrogen-bond donors (Lipinski definition) is 1. The summed E-state index contributed by atoms with van der Waals surface area (Å²) in [6, 6.07) is 6.41. The topological polar surface area (TPSA) is 67.6 Å². The van der Waals surface area contributed by atoms with Crippen LogP contribution in [0.2, 0.25) is 0 Å². The van der Waals surface area contributed by atoms with Crippen molar-refractivity contribution in [2.45, 2.75) is 18.6 Å². The lowest BCUT2D eigenvalue weighted by molar-refractivity contribution is -0.158. The maximum atomic E-state index is 13.9. The van der Waals surface area contributed by atoms with E-state index < -0.39 is 5.60 Å². The molecule has 1 aliphatic rings. The number of carbonyl (C=O) groups is 1. The Hall–Kier alpha value is -2.25. The highest BCUT2D eigenvalue weighted by molar-refractivity contribution is 5.76. The molecular weight excluding hydrogens is 313 g/mol. The normalized spacial score (nSPS) is 21.0. The summed E-state index contributed by atoms with van der Waals surface area (Å²) in [6.07, 6.45) is 5.13. The standard InChI is InChI=1S/C17H20FN3O3/c18-15-4-2-1-3-14(15)9-17(12-22)11-21(7-8-24-17)16(23)10-20-6-5-19-13-20/h1-6,13,22H,7-12H2. The third kappa shape index (κ3) is 3.63. The molecule has 2 heterocycles. The molecule has 1 N–H and O–H groups in total. The number of aromatic nitrogens is 2. The zero-order chi connectivity index (χ0) is 17.0. The molecule has 0 spiro atoms. The summed E-state index contributed by atoms with van der Waals surface area (Å²) in [5.41, 5.74) is -0.513. The Balaban J connectivity index is 1.72. The van der Waals surface area contributed by atoms with Crippen molar-refractivity contribution in [1.29, 1.82) is 0 Å². The summed E-state index contributed by atoms with van der Waals surface area (Å²) < 4.78 is 21.4. The number of nitrogens with zero attached hydrogens (tertiary/aromatic N) is 3. The van der Waals surface area contributed by atoms with E-state index in [-0.39, 0.29) is 37.8 Å². The first-order valence-electron chi connectivity index (χ1n) is 7.84. The van der Waals surface area contributed by atoms with E-state index >= 15 is 0 Å². The molecule has 2 aromatic rings. The number of ether oxygens (including phenoxy) is 1. The van der Waals surface area contributed by atoms with Gasteiger partial charge in [0.1, 0.15) is 18.0 Å². The number of carbonyl (C=O) groups excluding carboxylic acids is 1. The van der Waals surface area contributed by atoms with Crippen LogP contribution in [0.15, 0.2) is 43.0 Å². The third-order valence-electron chi connectivity index (χ3n) is 4.24. The van der Waals surface area contributed by atoms with Crippen molar-refractivity contribution in [3.05, 3.63) is 54.4 Å². The average Bonchev–Trinajstić information content (AvgIpc) is 3.10. The second-order valence-corrected chi connectivity index (χ2v) is 6.01. The van der Waals surface area contributed by atoms with Gasteiger partial charge in [0, 0.05) is 25.4 Å². The number of morpholine rings is 1. The second-order valence-electron chi connectivity index (χ2n) is 6.01. The Morgan fingerprint density at radius 2 is 2.25 bits per heavy atom. The fourth-order valence-corrected chi connectivity index (χ4v) is 2.94. The number of amides is 1. The van der Waals surface area contributed by atoms with Crippen LogP contribution in [0.1, 0.15) is 5.56 Å². The van der Waals surface area contributed by atoms with E-state index in [1.165, 1.54) is 6.07 Å². The molecule has 1 atom stereocenters. The van der Waals surface area contributed by atoms with Crippen LogP contribution in [-0.4, -0.2) is 57.4 Å². The lowest BCUT2D eigenvalue weighted by Crippen LogP contribution is -2.57. The maximum Gasteiger partial charge on any atom is 0.242 e. The van der Waals surface area contributed by atoms with Gasteiger partial charge in [-0.1, -0.05) is 18.2 Å². The molecule has 3 rings (SSSR count). The minimum atomic E-state index is -0.981. The molecule has 128 valence electrons. The predicted molar refractivity (Wildman–Crippen MR) is 84.7 cm³/mol. The Morgan fingerprint density at radius 1 is 1.42 bits per heavy atom. The van der Waals surface area contributed by atoms with Crippen LogP contribution in [0.25, 0.3) is 0 Å². The van der Waals surface area contributed by atoms with Gasteiger partial charge in [-0.05, 0) is 11.6 Å². The van der Waals surface area contributed by atoms with Crippen LogP contribution in [0.3, 0.4) is 0 Å². The predicted octanol–water partition coefficient (Wildman–Crippen LogP) is 0.855. The molecule has 1 amide bonds. The highest BCUT2D eigenvalue weighted by Gasteiger charge is 2.38. The Morgan fingerprint density at radius 3 is 2.96 bits per heavy atom. The van der Waals surface area contributed by atoms with E-state index in [1.807, 2.05) is 0 Å². The summed E-state index contributed by atoms with van der Waals surface area (Å²) in [7, 11) is 0. The van der Waals surface area contributed by atoms with Gasteiger partial charge in [-0.2, -0.15) is 0 Å². The molecule has 1 aromatic carbocycles. The van der Waals surface area contributed by atoms with Crippen LogP contribution < -0.4 is 0 Å². The van der Waals surface area contributed by atoms with Crippen molar-refractivity contribution in [2.75, 3.05) is 26.3 Å². The Labute approximate surface area is 139 Å². The van der Waals surface area contributed by atoms with Gasteiger partial charge in [-0.3, -0.25) is 4.79 Å². The van der Waals surface area contributed by atoms with Gasteiger partial charge in [0.15, 0.2) is 0 Å². The van der Waals surface area contributed by atoms with Crippen molar-refractivity contribution in [3.63, 3.8) is 0 Å². The van der Waals surface area contributed by atoms with Gasteiger partial charge in [0.05, 0.1) is 26.1 Å². The zero-order valence-corrected chi connectivity index (χ0v) is 13.3. The minimum Gasteiger partial charge on any atom is -0.393 e. The van der Waals surface area contributed by atoms with Crippen molar-refractivity contribution in [2.24, 2.45) is 0 Å². The summed E-state index contributed by atoms with van der Waals surface area (Å²) in [4.78, 5) is 18.0. The summed E-state index contributed by atoms with van der Waals surface area (Å²) >= 11 is 0. The van der Waals surface area contributed by atoms with E-state index in [0.29, 0.717) is 18.7 Å². The molecule has 1 fully saturated rings. The van der Waals surface area contributed by atoms with Crippen molar-refractivity contribution >= 4 is 5.91 Å². The zero-order valence-electron chi connectivity index (χ0n) is 13.3. The lowest BCUT2D eigenvalue weighted by atomic mass is 9.92. The highest BCUT2D eigenvalue weighted by atomic mass is 19.1. The van der Waals surface area contributed by atoms with E-state index in [2.05, 4.69) is 4.98 Å². The summed E-state index contributed by atoms with van der Waals surface area (Å²) in [5, 5.41) is 9.85. The molecular formula is C17H20FN3O3. The van der Waals surface area contributed by atoms with Crippen molar-refractivity contribution in [1.82, 2.24) is 14.5 Å². The first kappa shape index (κ1) is 16.6. The molecule has 1 saturated heterocycles. The quantitative estimate of drug-likeness (QED) is 0.881. The Kier molecular flexibility index (Phi) is 4.92.